The fourth-order valence-corrected chi connectivity index (χ4v) is 5.17. The zero-order chi connectivity index (χ0) is 18.7. The molecule has 6 nitrogen and oxygen atoms in total. The molecule has 138 valence electrons. The van der Waals surface area contributed by atoms with E-state index in [1.165, 1.54) is 0 Å². The van der Waals surface area contributed by atoms with Gasteiger partial charge in [-0.3, -0.25) is 4.79 Å². The third-order valence-corrected chi connectivity index (χ3v) is 6.48. The number of sulfone groups is 1. The van der Waals surface area contributed by atoms with Crippen LogP contribution in [0.15, 0.2) is 41.5 Å². The van der Waals surface area contributed by atoms with E-state index in [2.05, 4.69) is 10.5 Å². The largest absolute Gasteiger partial charge is 0.496 e. The summed E-state index contributed by atoms with van der Waals surface area (Å²) >= 11 is 0. The molecule has 1 N–H and O–H groups in total. The van der Waals surface area contributed by atoms with Crippen LogP contribution in [0, 0.1) is 5.92 Å². The Labute approximate surface area is 153 Å². The van der Waals surface area contributed by atoms with E-state index in [-0.39, 0.29) is 29.8 Å². The lowest BCUT2D eigenvalue weighted by Crippen LogP contribution is -2.22. The van der Waals surface area contributed by atoms with Crippen LogP contribution in [0.4, 0.5) is 0 Å². The summed E-state index contributed by atoms with van der Waals surface area (Å²) in [6.45, 7) is 1.83. The first kappa shape index (κ1) is 18.4. The first-order valence-corrected chi connectivity index (χ1v) is 10.3. The minimum absolute atomic E-state index is 0.0895. The first-order valence-electron chi connectivity index (χ1n) is 8.49. The Kier molecular flexibility index (Phi) is 5.27. The lowest BCUT2D eigenvalue weighted by atomic mass is 10.0. The van der Waals surface area contributed by atoms with Crippen molar-refractivity contribution < 1.29 is 17.9 Å². The van der Waals surface area contributed by atoms with Gasteiger partial charge in [0.1, 0.15) is 5.75 Å². The van der Waals surface area contributed by atoms with E-state index in [4.69, 9.17) is 4.74 Å². The highest BCUT2D eigenvalue weighted by molar-refractivity contribution is 7.91. The van der Waals surface area contributed by atoms with Crippen LogP contribution in [0.3, 0.4) is 0 Å². The number of carbonyl (C=O) groups is 1. The standard InChI is InChI=1S/C19H22N2O4S/c1-13(20-21-19(22)11-14-9-10-26(23,24)12-14)15-7-8-18(25-2)17-6-4-3-5-16(15)17/h3-8,14H,9-12H2,1-2H3,(H,21,22)/b20-13-/t14-/m1/s1. The van der Waals surface area contributed by atoms with E-state index < -0.39 is 9.84 Å². The highest BCUT2D eigenvalue weighted by Gasteiger charge is 2.29. The number of nitrogens with one attached hydrogen (secondary N) is 1. The molecule has 1 aliphatic rings. The number of amides is 1. The van der Waals surface area contributed by atoms with E-state index in [9.17, 15) is 13.2 Å². The molecule has 0 unspecified atom stereocenters. The molecule has 0 aromatic heterocycles. The maximum absolute atomic E-state index is 12.1. The molecule has 0 aliphatic carbocycles. The molecule has 2 aromatic rings. The lowest BCUT2D eigenvalue weighted by molar-refractivity contribution is -0.121. The third-order valence-electron chi connectivity index (χ3n) is 4.64. The second-order valence-corrected chi connectivity index (χ2v) is 8.80. The van der Waals surface area contributed by atoms with Crippen molar-refractivity contribution in [1.82, 2.24) is 5.43 Å². The van der Waals surface area contributed by atoms with E-state index in [0.29, 0.717) is 12.1 Å². The summed E-state index contributed by atoms with van der Waals surface area (Å²) in [7, 11) is -1.34. The normalized spacial score (nSPS) is 19.5. The Hall–Kier alpha value is -2.41. The van der Waals surface area contributed by atoms with Gasteiger partial charge < -0.3 is 4.74 Å². The smallest absolute Gasteiger partial charge is 0.240 e. The molecule has 0 spiro atoms. The predicted octanol–water partition coefficient (Wildman–Crippen LogP) is 2.51. The molecule has 1 amide bonds. The number of rotatable bonds is 5. The third kappa shape index (κ3) is 4.04. The Balaban J connectivity index is 1.74. The molecule has 1 saturated heterocycles. The molecule has 1 heterocycles. The number of fused-ring (bicyclic) bond motifs is 1. The maximum Gasteiger partial charge on any atom is 0.240 e. The molecule has 26 heavy (non-hydrogen) atoms. The number of methoxy groups -OCH3 is 1. The van der Waals surface area contributed by atoms with Crippen molar-refractivity contribution in [2.45, 2.75) is 19.8 Å². The topological polar surface area (TPSA) is 84.8 Å². The highest BCUT2D eigenvalue weighted by Crippen LogP contribution is 2.28. The molecular weight excluding hydrogens is 352 g/mol. The van der Waals surface area contributed by atoms with E-state index in [1.807, 2.05) is 43.3 Å². The van der Waals surface area contributed by atoms with Gasteiger partial charge in [-0.1, -0.05) is 24.3 Å². The molecule has 0 radical (unpaired) electrons. The van der Waals surface area contributed by atoms with Crippen LogP contribution in [0.1, 0.15) is 25.3 Å². The number of hydrazone groups is 1. The van der Waals surface area contributed by atoms with Crippen molar-refractivity contribution in [3.05, 3.63) is 42.0 Å². The highest BCUT2D eigenvalue weighted by atomic mass is 32.2. The molecule has 2 aromatic carbocycles. The van der Waals surface area contributed by atoms with Crippen LogP contribution in [0.5, 0.6) is 5.75 Å². The van der Waals surface area contributed by atoms with Crippen molar-refractivity contribution in [3.8, 4) is 5.75 Å². The number of carbonyl (C=O) groups excluding carboxylic acids is 1. The average molecular weight is 374 g/mol. The Morgan fingerprint density at radius 3 is 2.62 bits per heavy atom. The molecule has 3 rings (SSSR count). The molecule has 7 heteroatoms. The van der Waals surface area contributed by atoms with Gasteiger partial charge in [-0.15, -0.1) is 0 Å². The van der Waals surface area contributed by atoms with Gasteiger partial charge in [0.25, 0.3) is 0 Å². The van der Waals surface area contributed by atoms with Gasteiger partial charge >= 0.3 is 0 Å². The van der Waals surface area contributed by atoms with Gasteiger partial charge in [0.15, 0.2) is 9.84 Å². The van der Waals surface area contributed by atoms with Gasteiger partial charge in [-0.2, -0.15) is 5.10 Å². The number of benzene rings is 2. The molecule has 0 bridgehead atoms. The summed E-state index contributed by atoms with van der Waals surface area (Å²) in [5.41, 5.74) is 4.14. The van der Waals surface area contributed by atoms with Gasteiger partial charge in [0, 0.05) is 17.4 Å². The van der Waals surface area contributed by atoms with Crippen molar-refractivity contribution in [2.75, 3.05) is 18.6 Å². The molecule has 1 fully saturated rings. The van der Waals surface area contributed by atoms with Gasteiger partial charge in [0.05, 0.1) is 24.3 Å². The van der Waals surface area contributed by atoms with Crippen molar-refractivity contribution >= 4 is 32.2 Å². The van der Waals surface area contributed by atoms with Crippen LogP contribution in [0.2, 0.25) is 0 Å². The van der Waals surface area contributed by atoms with Crippen LogP contribution >= 0.6 is 0 Å². The Morgan fingerprint density at radius 2 is 1.96 bits per heavy atom. The molecule has 0 saturated carbocycles. The summed E-state index contributed by atoms with van der Waals surface area (Å²) in [4.78, 5) is 12.1. The van der Waals surface area contributed by atoms with Gasteiger partial charge in [0.2, 0.25) is 5.91 Å². The summed E-state index contributed by atoms with van der Waals surface area (Å²) < 4.78 is 28.4. The minimum atomic E-state index is -2.97. The quantitative estimate of drug-likeness (QED) is 0.644. The monoisotopic (exact) mass is 374 g/mol. The van der Waals surface area contributed by atoms with Crippen LogP contribution in [-0.4, -0.2) is 38.7 Å². The summed E-state index contributed by atoms with van der Waals surface area (Å²) in [6.07, 6.45) is 0.723. The molecular formula is C19H22N2O4S. The zero-order valence-electron chi connectivity index (χ0n) is 14.9. The van der Waals surface area contributed by atoms with Gasteiger partial charge in [-0.05, 0) is 36.8 Å². The van der Waals surface area contributed by atoms with Crippen LogP contribution < -0.4 is 10.2 Å². The first-order chi connectivity index (χ1) is 12.4. The van der Waals surface area contributed by atoms with E-state index >= 15 is 0 Å². The fraction of sp³-hybridized carbons (Fsp3) is 0.368. The fourth-order valence-electron chi connectivity index (χ4n) is 3.31. The van der Waals surface area contributed by atoms with Crippen LogP contribution in [0.25, 0.3) is 10.8 Å². The van der Waals surface area contributed by atoms with Gasteiger partial charge in [-0.25, -0.2) is 13.8 Å². The van der Waals surface area contributed by atoms with Crippen molar-refractivity contribution in [1.29, 1.82) is 0 Å². The zero-order valence-corrected chi connectivity index (χ0v) is 15.7. The van der Waals surface area contributed by atoms with Crippen molar-refractivity contribution in [2.24, 2.45) is 11.0 Å². The second kappa shape index (κ2) is 7.45. The maximum atomic E-state index is 12.1. The molecule has 1 atom stereocenters. The number of ether oxygens (including phenoxy) is 1. The SMILES string of the molecule is COc1ccc(/C(C)=N\NC(=O)C[C@H]2CCS(=O)(=O)C2)c2ccccc12. The second-order valence-electron chi connectivity index (χ2n) is 6.57. The van der Waals surface area contributed by atoms with E-state index in [0.717, 1.165) is 22.1 Å². The Bertz CT molecular complexity index is 967. The summed E-state index contributed by atoms with van der Waals surface area (Å²) in [5.74, 6) is 0.669. The Morgan fingerprint density at radius 1 is 1.23 bits per heavy atom. The molecule has 1 aliphatic heterocycles. The number of hydrogen-bond donors (Lipinski definition) is 1. The minimum Gasteiger partial charge on any atom is -0.496 e. The van der Waals surface area contributed by atoms with Crippen molar-refractivity contribution in [3.63, 3.8) is 0 Å². The average Bonchev–Trinajstić information content (AvgIpc) is 2.97. The summed E-state index contributed by atoms with van der Waals surface area (Å²) in [5, 5.41) is 6.17. The lowest BCUT2D eigenvalue weighted by Gasteiger charge is -2.11. The van der Waals surface area contributed by atoms with Crippen LogP contribution in [-0.2, 0) is 14.6 Å². The predicted molar refractivity (Wildman–Crippen MR) is 102 cm³/mol. The summed E-state index contributed by atoms with van der Waals surface area (Å²) in [6, 6.07) is 11.6. The number of nitrogens with zero attached hydrogens (tertiary/aromatic N) is 1. The van der Waals surface area contributed by atoms with E-state index in [1.54, 1.807) is 7.11 Å². The number of hydrogen-bond acceptors (Lipinski definition) is 5.